The third-order valence-electron chi connectivity index (χ3n) is 5.34. The van der Waals surface area contributed by atoms with Gasteiger partial charge in [-0.25, -0.2) is 4.68 Å². The van der Waals surface area contributed by atoms with Crippen LogP contribution < -0.4 is 4.90 Å². The van der Waals surface area contributed by atoms with Crippen molar-refractivity contribution in [1.29, 1.82) is 0 Å². The first kappa shape index (κ1) is 16.5. The minimum atomic E-state index is -0.453. The number of piperazine rings is 1. The fraction of sp³-hybridized carbons (Fsp3) is 0.611. The van der Waals surface area contributed by atoms with Gasteiger partial charge in [0.05, 0.1) is 11.3 Å². The molecular weight excluding hydrogens is 316 g/mol. The summed E-state index contributed by atoms with van der Waals surface area (Å²) in [6, 6.07) is 5.93. The normalized spacial score (nSPS) is 21.0. The lowest BCUT2D eigenvalue weighted by Gasteiger charge is -2.38. The molecule has 4 rings (SSSR count). The Kier molecular flexibility index (Phi) is 4.43. The lowest BCUT2D eigenvalue weighted by atomic mass is 10.0. The van der Waals surface area contributed by atoms with Crippen LogP contribution in [0.15, 0.2) is 24.4 Å². The molecule has 2 aromatic rings. The van der Waals surface area contributed by atoms with Crippen molar-refractivity contribution in [3.8, 4) is 5.82 Å². The molecule has 0 spiro atoms. The second kappa shape index (κ2) is 6.72. The number of hydrogen-bond acceptors (Lipinski definition) is 6. The molecule has 1 saturated carbocycles. The maximum atomic E-state index is 10.6. The zero-order chi connectivity index (χ0) is 17.3. The van der Waals surface area contributed by atoms with Crippen molar-refractivity contribution in [2.24, 2.45) is 0 Å². The zero-order valence-corrected chi connectivity index (χ0v) is 14.8. The summed E-state index contributed by atoms with van der Waals surface area (Å²) >= 11 is 0. The first-order valence-corrected chi connectivity index (χ1v) is 9.17. The summed E-state index contributed by atoms with van der Waals surface area (Å²) in [5.74, 6) is 1.64. The van der Waals surface area contributed by atoms with E-state index in [-0.39, 0.29) is 0 Å². The number of aromatic nitrogens is 4. The number of nitrogens with zero attached hydrogens (tertiary/aromatic N) is 6. The van der Waals surface area contributed by atoms with Crippen molar-refractivity contribution < 1.29 is 5.11 Å². The minimum Gasteiger partial charge on any atom is -0.389 e. The van der Waals surface area contributed by atoms with Crippen molar-refractivity contribution in [2.75, 3.05) is 37.6 Å². The van der Waals surface area contributed by atoms with E-state index in [1.54, 1.807) is 4.68 Å². The maximum absolute atomic E-state index is 10.6. The van der Waals surface area contributed by atoms with Crippen LogP contribution in [0.2, 0.25) is 0 Å². The van der Waals surface area contributed by atoms with Gasteiger partial charge in [0, 0.05) is 38.9 Å². The van der Waals surface area contributed by atoms with E-state index in [0.717, 1.165) is 75.7 Å². The van der Waals surface area contributed by atoms with E-state index in [4.69, 9.17) is 0 Å². The third-order valence-corrected chi connectivity index (χ3v) is 5.34. The van der Waals surface area contributed by atoms with Gasteiger partial charge in [0.1, 0.15) is 0 Å². The van der Waals surface area contributed by atoms with E-state index in [2.05, 4.69) is 25.1 Å². The Morgan fingerprint density at radius 3 is 2.28 bits per heavy atom. The van der Waals surface area contributed by atoms with E-state index in [1.807, 2.05) is 31.3 Å². The molecular formula is C18H26N6O. The summed E-state index contributed by atoms with van der Waals surface area (Å²) < 4.78 is 1.74. The van der Waals surface area contributed by atoms with Gasteiger partial charge in [0.15, 0.2) is 11.6 Å². The largest absolute Gasteiger partial charge is 0.389 e. The number of hydrogen-bond donors (Lipinski definition) is 1. The Labute approximate surface area is 148 Å². The predicted octanol–water partition coefficient (Wildman–Crippen LogP) is 1.40. The zero-order valence-electron chi connectivity index (χ0n) is 14.8. The molecule has 0 bridgehead atoms. The molecule has 0 aromatic carbocycles. The van der Waals surface area contributed by atoms with Gasteiger partial charge in [-0.2, -0.15) is 5.10 Å². The Hall–Kier alpha value is -1.99. The number of rotatable bonds is 4. The maximum Gasteiger partial charge on any atom is 0.175 e. The van der Waals surface area contributed by atoms with Crippen molar-refractivity contribution in [3.05, 3.63) is 30.1 Å². The van der Waals surface area contributed by atoms with Crippen LogP contribution in [-0.2, 0) is 0 Å². The SMILES string of the molecule is Cc1ccn(-c2ccc(N3CCN(CC4(O)CCCC4)CC3)nn2)n1. The van der Waals surface area contributed by atoms with Crippen LogP contribution in [0.25, 0.3) is 5.82 Å². The molecule has 3 heterocycles. The van der Waals surface area contributed by atoms with Gasteiger partial charge in [0.25, 0.3) is 0 Å². The fourth-order valence-corrected chi connectivity index (χ4v) is 3.89. The van der Waals surface area contributed by atoms with Crippen LogP contribution in [0.1, 0.15) is 31.4 Å². The lowest BCUT2D eigenvalue weighted by Crippen LogP contribution is -2.51. The van der Waals surface area contributed by atoms with Crippen molar-refractivity contribution in [1.82, 2.24) is 24.9 Å². The van der Waals surface area contributed by atoms with Crippen LogP contribution in [0.3, 0.4) is 0 Å². The highest BCUT2D eigenvalue weighted by molar-refractivity contribution is 5.40. The third kappa shape index (κ3) is 3.67. The Balaban J connectivity index is 1.34. The number of anilines is 1. The Morgan fingerprint density at radius 1 is 1.00 bits per heavy atom. The van der Waals surface area contributed by atoms with Crippen molar-refractivity contribution >= 4 is 5.82 Å². The van der Waals surface area contributed by atoms with Crippen LogP contribution in [0.4, 0.5) is 5.82 Å². The van der Waals surface area contributed by atoms with Gasteiger partial charge < -0.3 is 10.0 Å². The van der Waals surface area contributed by atoms with E-state index in [1.165, 1.54) is 0 Å². The van der Waals surface area contributed by atoms with Crippen LogP contribution in [0.5, 0.6) is 0 Å². The summed E-state index contributed by atoms with van der Waals surface area (Å²) in [5.41, 5.74) is 0.511. The second-order valence-electron chi connectivity index (χ2n) is 7.35. The molecule has 0 atom stereocenters. The molecule has 1 aliphatic carbocycles. The average molecular weight is 342 g/mol. The van der Waals surface area contributed by atoms with Crippen molar-refractivity contribution in [3.63, 3.8) is 0 Å². The summed E-state index contributed by atoms with van der Waals surface area (Å²) in [5, 5.41) is 23.6. The predicted molar refractivity (Wildman–Crippen MR) is 96.0 cm³/mol. The monoisotopic (exact) mass is 342 g/mol. The fourth-order valence-electron chi connectivity index (χ4n) is 3.89. The smallest absolute Gasteiger partial charge is 0.175 e. The van der Waals surface area contributed by atoms with E-state index in [0.29, 0.717) is 0 Å². The molecule has 1 saturated heterocycles. The molecule has 134 valence electrons. The lowest BCUT2D eigenvalue weighted by molar-refractivity contribution is 0.00799. The molecule has 7 nitrogen and oxygen atoms in total. The van der Waals surface area contributed by atoms with Crippen LogP contribution in [0, 0.1) is 6.92 Å². The average Bonchev–Trinajstić information content (AvgIpc) is 3.24. The first-order valence-electron chi connectivity index (χ1n) is 9.17. The van der Waals surface area contributed by atoms with Crippen LogP contribution in [-0.4, -0.2) is 68.3 Å². The molecule has 7 heteroatoms. The molecule has 1 N–H and O–H groups in total. The quantitative estimate of drug-likeness (QED) is 0.906. The molecule has 0 amide bonds. The van der Waals surface area contributed by atoms with Gasteiger partial charge in [0.2, 0.25) is 0 Å². The van der Waals surface area contributed by atoms with Gasteiger partial charge in [-0.3, -0.25) is 4.90 Å². The highest BCUT2D eigenvalue weighted by Gasteiger charge is 2.34. The summed E-state index contributed by atoms with van der Waals surface area (Å²) in [7, 11) is 0. The van der Waals surface area contributed by atoms with Gasteiger partial charge >= 0.3 is 0 Å². The van der Waals surface area contributed by atoms with Gasteiger partial charge in [-0.15, -0.1) is 10.2 Å². The molecule has 25 heavy (non-hydrogen) atoms. The molecule has 0 radical (unpaired) electrons. The number of β-amino-alcohol motifs (C(OH)–C–C–N with tert-alkyl or cyclic N) is 1. The molecule has 1 aliphatic heterocycles. The summed E-state index contributed by atoms with van der Waals surface area (Å²) in [4.78, 5) is 4.65. The molecule has 2 fully saturated rings. The highest BCUT2D eigenvalue weighted by Crippen LogP contribution is 2.30. The summed E-state index contributed by atoms with van der Waals surface area (Å²) in [6.07, 6.45) is 6.12. The van der Waals surface area contributed by atoms with Gasteiger partial charge in [-0.05, 0) is 38.0 Å². The van der Waals surface area contributed by atoms with E-state index < -0.39 is 5.60 Å². The Bertz CT molecular complexity index is 699. The number of aryl methyl sites for hydroxylation is 1. The second-order valence-corrected chi connectivity index (χ2v) is 7.35. The van der Waals surface area contributed by atoms with E-state index >= 15 is 0 Å². The topological polar surface area (TPSA) is 70.3 Å². The Morgan fingerprint density at radius 2 is 1.68 bits per heavy atom. The first-order chi connectivity index (χ1) is 12.1. The van der Waals surface area contributed by atoms with E-state index in [9.17, 15) is 5.11 Å². The molecule has 2 aliphatic rings. The minimum absolute atomic E-state index is 0.453. The molecule has 0 unspecified atom stereocenters. The summed E-state index contributed by atoms with van der Waals surface area (Å²) in [6.45, 7) is 6.54. The molecule has 2 aromatic heterocycles. The number of aliphatic hydroxyl groups is 1. The van der Waals surface area contributed by atoms with Gasteiger partial charge in [-0.1, -0.05) is 12.8 Å². The highest BCUT2D eigenvalue weighted by atomic mass is 16.3. The van der Waals surface area contributed by atoms with Crippen molar-refractivity contribution in [2.45, 2.75) is 38.2 Å². The van der Waals surface area contributed by atoms with Crippen LogP contribution >= 0.6 is 0 Å². The standard InChI is InChI=1S/C18H26N6O/c1-15-6-9-24(21-15)17-5-4-16(19-20-17)23-12-10-22(11-13-23)14-18(25)7-2-3-8-18/h4-6,9,25H,2-3,7-8,10-14H2,1H3.